The van der Waals surface area contributed by atoms with Gasteiger partial charge in [0.1, 0.15) is 0 Å². The van der Waals surface area contributed by atoms with Crippen molar-refractivity contribution in [3.05, 3.63) is 59.4 Å². The van der Waals surface area contributed by atoms with Gasteiger partial charge in [-0.25, -0.2) is 0 Å². The minimum atomic E-state index is -0.0699. The Morgan fingerprint density at radius 2 is 2.00 bits per heavy atom. The number of hydrogen-bond acceptors (Lipinski definition) is 4. The molecule has 1 heterocycles. The van der Waals surface area contributed by atoms with E-state index >= 15 is 0 Å². The number of rotatable bonds is 6. The number of methoxy groups -OCH3 is 1. The van der Waals surface area contributed by atoms with Crippen molar-refractivity contribution < 1.29 is 9.53 Å². The van der Waals surface area contributed by atoms with Gasteiger partial charge in [0.25, 0.3) is 0 Å². The van der Waals surface area contributed by atoms with Gasteiger partial charge in [0, 0.05) is 19.3 Å². The summed E-state index contributed by atoms with van der Waals surface area (Å²) in [5.41, 5.74) is 8.98. The standard InChI is InChI=1S/C16H19N3O2/c1-21-11-13-5-3-2-4-12(13)9-19-16(20)8-15-7-6-14(17)10-18-15/h2-7,10H,8-9,11,17H2,1H3,(H,19,20). The van der Waals surface area contributed by atoms with Crippen LogP contribution >= 0.6 is 0 Å². The molecular weight excluding hydrogens is 266 g/mol. The molecule has 0 aliphatic heterocycles. The lowest BCUT2D eigenvalue weighted by Crippen LogP contribution is -2.25. The van der Waals surface area contributed by atoms with Crippen LogP contribution in [-0.4, -0.2) is 18.0 Å². The number of nitrogen functional groups attached to an aromatic ring is 1. The van der Waals surface area contributed by atoms with Crippen molar-refractivity contribution in [3.8, 4) is 0 Å². The van der Waals surface area contributed by atoms with E-state index in [0.717, 1.165) is 11.1 Å². The summed E-state index contributed by atoms with van der Waals surface area (Å²) in [4.78, 5) is 16.0. The third-order valence-corrected chi connectivity index (χ3v) is 3.08. The summed E-state index contributed by atoms with van der Waals surface area (Å²) in [6.45, 7) is 1.01. The summed E-state index contributed by atoms with van der Waals surface area (Å²) >= 11 is 0. The Balaban J connectivity index is 1.90. The number of nitrogens with zero attached hydrogens (tertiary/aromatic N) is 1. The topological polar surface area (TPSA) is 77.2 Å². The number of carbonyl (C=O) groups excluding carboxylic acids is 1. The van der Waals surface area contributed by atoms with Crippen LogP contribution in [0.15, 0.2) is 42.6 Å². The maximum absolute atomic E-state index is 11.9. The molecule has 2 aromatic rings. The predicted molar refractivity (Wildman–Crippen MR) is 81.4 cm³/mol. The van der Waals surface area contributed by atoms with Gasteiger partial charge in [-0.05, 0) is 23.3 Å². The molecule has 1 aromatic carbocycles. The number of hydrogen-bond donors (Lipinski definition) is 2. The van der Waals surface area contributed by atoms with Crippen LogP contribution in [0.2, 0.25) is 0 Å². The molecule has 5 heteroatoms. The Hall–Kier alpha value is -2.40. The van der Waals surface area contributed by atoms with E-state index in [1.807, 2.05) is 24.3 Å². The summed E-state index contributed by atoms with van der Waals surface area (Å²) in [6.07, 6.45) is 1.79. The fourth-order valence-corrected chi connectivity index (χ4v) is 1.99. The Labute approximate surface area is 124 Å². The van der Waals surface area contributed by atoms with E-state index in [9.17, 15) is 4.79 Å². The van der Waals surface area contributed by atoms with Gasteiger partial charge in [0.05, 0.1) is 24.9 Å². The molecule has 0 aliphatic carbocycles. The van der Waals surface area contributed by atoms with Crippen LogP contribution in [0.1, 0.15) is 16.8 Å². The highest BCUT2D eigenvalue weighted by Crippen LogP contribution is 2.09. The number of benzene rings is 1. The van der Waals surface area contributed by atoms with Gasteiger partial charge in [-0.2, -0.15) is 0 Å². The molecule has 2 rings (SSSR count). The Kier molecular flexibility index (Phi) is 5.29. The van der Waals surface area contributed by atoms with Crippen molar-refractivity contribution in [2.75, 3.05) is 12.8 Å². The number of amides is 1. The fraction of sp³-hybridized carbons (Fsp3) is 0.250. The Bertz CT molecular complexity index is 597. The van der Waals surface area contributed by atoms with Gasteiger partial charge in [0.2, 0.25) is 5.91 Å². The maximum atomic E-state index is 11.9. The van der Waals surface area contributed by atoms with Crippen LogP contribution in [-0.2, 0) is 29.1 Å². The first kappa shape index (κ1) is 15.0. The molecule has 1 aromatic heterocycles. The minimum absolute atomic E-state index is 0.0699. The van der Waals surface area contributed by atoms with Crippen molar-refractivity contribution in [2.24, 2.45) is 0 Å². The van der Waals surface area contributed by atoms with E-state index in [4.69, 9.17) is 10.5 Å². The third-order valence-electron chi connectivity index (χ3n) is 3.08. The van der Waals surface area contributed by atoms with Crippen molar-refractivity contribution in [3.63, 3.8) is 0 Å². The zero-order chi connectivity index (χ0) is 15.1. The van der Waals surface area contributed by atoms with Gasteiger partial charge in [0.15, 0.2) is 0 Å². The van der Waals surface area contributed by atoms with Crippen molar-refractivity contribution in [1.82, 2.24) is 10.3 Å². The van der Waals surface area contributed by atoms with Crippen molar-refractivity contribution >= 4 is 11.6 Å². The zero-order valence-electron chi connectivity index (χ0n) is 12.0. The molecule has 110 valence electrons. The summed E-state index contributed by atoms with van der Waals surface area (Å²) < 4.78 is 5.15. The summed E-state index contributed by atoms with van der Waals surface area (Å²) in [5.74, 6) is -0.0699. The summed E-state index contributed by atoms with van der Waals surface area (Å²) in [7, 11) is 1.65. The first-order chi connectivity index (χ1) is 10.2. The molecule has 0 saturated heterocycles. The molecule has 0 spiro atoms. The molecule has 21 heavy (non-hydrogen) atoms. The molecule has 5 nitrogen and oxygen atoms in total. The molecule has 0 unspecified atom stereocenters. The van der Waals surface area contributed by atoms with E-state index in [0.29, 0.717) is 24.5 Å². The van der Waals surface area contributed by atoms with Crippen LogP contribution in [0.4, 0.5) is 5.69 Å². The Morgan fingerprint density at radius 1 is 1.24 bits per heavy atom. The smallest absolute Gasteiger partial charge is 0.226 e. The third kappa shape index (κ3) is 4.57. The fourth-order valence-electron chi connectivity index (χ4n) is 1.99. The highest BCUT2D eigenvalue weighted by molar-refractivity contribution is 5.78. The molecule has 0 bridgehead atoms. The van der Waals surface area contributed by atoms with Crippen molar-refractivity contribution in [1.29, 1.82) is 0 Å². The molecule has 0 radical (unpaired) electrons. The SMILES string of the molecule is COCc1ccccc1CNC(=O)Cc1ccc(N)cn1. The number of nitrogens with two attached hydrogens (primary N) is 1. The van der Waals surface area contributed by atoms with Gasteiger partial charge >= 0.3 is 0 Å². The summed E-state index contributed by atoms with van der Waals surface area (Å²) in [5, 5.41) is 2.90. The van der Waals surface area contributed by atoms with Crippen molar-refractivity contribution in [2.45, 2.75) is 19.6 Å². The van der Waals surface area contributed by atoms with E-state index in [1.54, 1.807) is 25.4 Å². The van der Waals surface area contributed by atoms with Gasteiger partial charge in [-0.1, -0.05) is 24.3 Å². The molecule has 3 N–H and O–H groups in total. The van der Waals surface area contributed by atoms with E-state index in [-0.39, 0.29) is 12.3 Å². The first-order valence-electron chi connectivity index (χ1n) is 6.72. The van der Waals surface area contributed by atoms with E-state index < -0.39 is 0 Å². The molecular formula is C16H19N3O2. The maximum Gasteiger partial charge on any atom is 0.226 e. The van der Waals surface area contributed by atoms with Crippen LogP contribution in [0.25, 0.3) is 0 Å². The second-order valence-electron chi connectivity index (χ2n) is 4.74. The van der Waals surface area contributed by atoms with Crippen LogP contribution in [0, 0.1) is 0 Å². The lowest BCUT2D eigenvalue weighted by Gasteiger charge is -2.10. The number of anilines is 1. The zero-order valence-corrected chi connectivity index (χ0v) is 12.0. The highest BCUT2D eigenvalue weighted by Gasteiger charge is 2.06. The number of pyridine rings is 1. The monoisotopic (exact) mass is 285 g/mol. The number of nitrogens with one attached hydrogen (secondary N) is 1. The minimum Gasteiger partial charge on any atom is -0.397 e. The number of aromatic nitrogens is 1. The number of ether oxygens (including phenoxy) is 1. The van der Waals surface area contributed by atoms with Gasteiger partial charge in [-0.15, -0.1) is 0 Å². The average molecular weight is 285 g/mol. The molecule has 0 saturated carbocycles. The average Bonchev–Trinajstić information content (AvgIpc) is 2.49. The quantitative estimate of drug-likeness (QED) is 0.846. The molecule has 0 fully saturated rings. The predicted octanol–water partition coefficient (Wildman–Crippen LogP) is 1.67. The van der Waals surface area contributed by atoms with Crippen LogP contribution < -0.4 is 11.1 Å². The molecule has 0 aliphatic rings. The second kappa shape index (κ2) is 7.40. The largest absolute Gasteiger partial charge is 0.397 e. The Morgan fingerprint density at radius 3 is 2.67 bits per heavy atom. The number of carbonyl (C=O) groups is 1. The molecule has 0 atom stereocenters. The van der Waals surface area contributed by atoms with Crippen LogP contribution in [0.5, 0.6) is 0 Å². The normalized spacial score (nSPS) is 10.3. The van der Waals surface area contributed by atoms with Gasteiger partial charge < -0.3 is 15.8 Å². The first-order valence-corrected chi connectivity index (χ1v) is 6.72. The van der Waals surface area contributed by atoms with Crippen LogP contribution in [0.3, 0.4) is 0 Å². The molecule has 1 amide bonds. The highest BCUT2D eigenvalue weighted by atomic mass is 16.5. The second-order valence-corrected chi connectivity index (χ2v) is 4.74. The van der Waals surface area contributed by atoms with E-state index in [1.165, 1.54) is 0 Å². The summed E-state index contributed by atoms with van der Waals surface area (Å²) in [6, 6.07) is 11.4. The lowest BCUT2D eigenvalue weighted by molar-refractivity contribution is -0.120. The lowest BCUT2D eigenvalue weighted by atomic mass is 10.1. The van der Waals surface area contributed by atoms with Gasteiger partial charge in [-0.3, -0.25) is 9.78 Å². The van der Waals surface area contributed by atoms with E-state index in [2.05, 4.69) is 10.3 Å².